The van der Waals surface area contributed by atoms with Crippen LogP contribution in [0.1, 0.15) is 62.8 Å². The first-order valence-corrected chi connectivity index (χ1v) is 10.7. The summed E-state index contributed by atoms with van der Waals surface area (Å²) in [4.78, 5) is 20.4. The number of rotatable bonds is 7. The third-order valence-electron chi connectivity index (χ3n) is 4.50. The molecular formula is C18H26N2OS2. The van der Waals surface area contributed by atoms with Crippen LogP contribution in [0.15, 0.2) is 9.95 Å². The Morgan fingerprint density at radius 1 is 1.17 bits per heavy atom. The maximum Gasteiger partial charge on any atom is 0.263 e. The fourth-order valence-electron chi connectivity index (χ4n) is 3.15. The van der Waals surface area contributed by atoms with E-state index in [1.54, 1.807) is 23.1 Å². The van der Waals surface area contributed by atoms with Crippen molar-refractivity contribution in [1.29, 1.82) is 0 Å². The lowest BCUT2D eigenvalue weighted by Crippen LogP contribution is -2.24. The molecule has 3 rings (SSSR count). The highest BCUT2D eigenvalue weighted by Gasteiger charge is 2.21. The molecule has 2 aromatic rings. The van der Waals surface area contributed by atoms with Gasteiger partial charge in [0.25, 0.3) is 5.56 Å². The van der Waals surface area contributed by atoms with Crippen LogP contribution >= 0.6 is 23.1 Å². The third-order valence-corrected chi connectivity index (χ3v) is 6.75. The molecule has 0 saturated heterocycles. The van der Waals surface area contributed by atoms with E-state index in [1.807, 2.05) is 4.57 Å². The first-order valence-electron chi connectivity index (χ1n) is 8.94. The van der Waals surface area contributed by atoms with E-state index >= 15 is 0 Å². The lowest BCUT2D eigenvalue weighted by molar-refractivity contribution is 0.557. The molecule has 23 heavy (non-hydrogen) atoms. The third kappa shape index (κ3) is 3.50. The summed E-state index contributed by atoms with van der Waals surface area (Å²) in [6.07, 6.45) is 9.15. The summed E-state index contributed by atoms with van der Waals surface area (Å²) in [6, 6.07) is 0. The van der Waals surface area contributed by atoms with Gasteiger partial charge >= 0.3 is 0 Å². The molecule has 2 heterocycles. The lowest BCUT2D eigenvalue weighted by Gasteiger charge is -2.13. The van der Waals surface area contributed by atoms with Gasteiger partial charge in [0.05, 0.1) is 5.39 Å². The summed E-state index contributed by atoms with van der Waals surface area (Å²) >= 11 is 3.52. The van der Waals surface area contributed by atoms with Crippen LogP contribution in [0, 0.1) is 0 Å². The van der Waals surface area contributed by atoms with E-state index in [0.717, 1.165) is 53.4 Å². The second-order valence-electron chi connectivity index (χ2n) is 6.30. The average Bonchev–Trinajstić information content (AvgIpc) is 2.93. The van der Waals surface area contributed by atoms with Gasteiger partial charge in [0, 0.05) is 17.2 Å². The summed E-state index contributed by atoms with van der Waals surface area (Å²) < 4.78 is 1.95. The predicted octanol–water partition coefficient (Wildman–Crippen LogP) is 5.03. The minimum absolute atomic E-state index is 0.210. The molecule has 0 atom stereocenters. The van der Waals surface area contributed by atoms with E-state index in [9.17, 15) is 4.79 Å². The first kappa shape index (κ1) is 17.0. The predicted molar refractivity (Wildman–Crippen MR) is 101 cm³/mol. The summed E-state index contributed by atoms with van der Waals surface area (Å²) in [5.41, 5.74) is 1.52. The van der Waals surface area contributed by atoms with E-state index in [2.05, 4.69) is 13.8 Å². The van der Waals surface area contributed by atoms with Gasteiger partial charge in [-0.2, -0.15) is 0 Å². The van der Waals surface area contributed by atoms with Crippen molar-refractivity contribution < 1.29 is 0 Å². The molecule has 0 spiro atoms. The highest BCUT2D eigenvalue weighted by atomic mass is 32.2. The Morgan fingerprint density at radius 3 is 2.74 bits per heavy atom. The molecule has 126 valence electrons. The lowest BCUT2D eigenvalue weighted by atomic mass is 9.97. The molecule has 0 amide bonds. The second kappa shape index (κ2) is 7.84. The smallest absolute Gasteiger partial charge is 0.263 e. The van der Waals surface area contributed by atoms with Crippen LogP contribution in [0.4, 0.5) is 0 Å². The van der Waals surface area contributed by atoms with E-state index in [0.29, 0.717) is 0 Å². The van der Waals surface area contributed by atoms with Crippen LogP contribution < -0.4 is 5.56 Å². The Kier molecular flexibility index (Phi) is 5.81. The molecular weight excluding hydrogens is 324 g/mol. The number of nitrogens with zero attached hydrogens (tertiary/aromatic N) is 2. The van der Waals surface area contributed by atoms with Crippen molar-refractivity contribution in [3.63, 3.8) is 0 Å². The van der Waals surface area contributed by atoms with Gasteiger partial charge in [0.2, 0.25) is 0 Å². The van der Waals surface area contributed by atoms with Crippen LogP contribution in [0.2, 0.25) is 0 Å². The van der Waals surface area contributed by atoms with E-state index in [-0.39, 0.29) is 5.56 Å². The summed E-state index contributed by atoms with van der Waals surface area (Å²) in [6.45, 7) is 5.18. The first-order chi connectivity index (χ1) is 11.3. The number of hydrogen-bond acceptors (Lipinski definition) is 4. The van der Waals surface area contributed by atoms with Crippen molar-refractivity contribution in [2.45, 2.75) is 76.9 Å². The van der Waals surface area contributed by atoms with Crippen molar-refractivity contribution in [2.24, 2.45) is 0 Å². The monoisotopic (exact) mass is 350 g/mol. The van der Waals surface area contributed by atoms with Crippen molar-refractivity contribution in [3.05, 3.63) is 20.8 Å². The maximum atomic E-state index is 13.1. The highest BCUT2D eigenvalue weighted by Crippen LogP contribution is 2.34. The van der Waals surface area contributed by atoms with Crippen LogP contribution in [-0.4, -0.2) is 15.3 Å². The molecule has 1 aliphatic carbocycles. The van der Waals surface area contributed by atoms with Crippen molar-refractivity contribution in [1.82, 2.24) is 9.55 Å². The Morgan fingerprint density at radius 2 is 1.96 bits per heavy atom. The number of hydrogen-bond donors (Lipinski definition) is 0. The van der Waals surface area contributed by atoms with E-state index in [4.69, 9.17) is 4.98 Å². The Hall–Kier alpha value is -0.810. The highest BCUT2D eigenvalue weighted by molar-refractivity contribution is 7.99. The van der Waals surface area contributed by atoms with Gasteiger partial charge in [-0.25, -0.2) is 4.98 Å². The van der Waals surface area contributed by atoms with Crippen molar-refractivity contribution in [3.8, 4) is 0 Å². The van der Waals surface area contributed by atoms with Crippen LogP contribution in [0.25, 0.3) is 10.2 Å². The SMILES string of the molecule is CCCCSc1nc2sc3c(c2c(=O)n1CCCC)CCCC3. The minimum Gasteiger partial charge on any atom is -0.287 e. The molecule has 0 bridgehead atoms. The zero-order valence-electron chi connectivity index (χ0n) is 14.2. The maximum absolute atomic E-state index is 13.1. The zero-order valence-corrected chi connectivity index (χ0v) is 15.8. The van der Waals surface area contributed by atoms with E-state index in [1.165, 1.54) is 36.1 Å². The topological polar surface area (TPSA) is 34.9 Å². The molecule has 5 heteroatoms. The molecule has 0 aromatic carbocycles. The van der Waals surface area contributed by atoms with Crippen molar-refractivity contribution in [2.75, 3.05) is 5.75 Å². The molecule has 0 fully saturated rings. The Bertz CT molecular complexity index is 733. The summed E-state index contributed by atoms with van der Waals surface area (Å²) in [5, 5.41) is 1.86. The number of unbranched alkanes of at least 4 members (excludes halogenated alkanes) is 2. The Balaban J connectivity index is 2.07. The van der Waals surface area contributed by atoms with Gasteiger partial charge in [-0.05, 0) is 44.1 Å². The quantitative estimate of drug-likeness (QED) is 0.399. The van der Waals surface area contributed by atoms with Gasteiger partial charge in [-0.1, -0.05) is 38.5 Å². The summed E-state index contributed by atoms with van der Waals surface area (Å²) in [7, 11) is 0. The van der Waals surface area contributed by atoms with Crippen LogP contribution in [-0.2, 0) is 19.4 Å². The largest absolute Gasteiger partial charge is 0.287 e. The molecule has 3 nitrogen and oxygen atoms in total. The fraction of sp³-hybridized carbons (Fsp3) is 0.667. The number of aromatic nitrogens is 2. The molecule has 0 N–H and O–H groups in total. The zero-order chi connectivity index (χ0) is 16.2. The Labute approximate surface area is 146 Å². The van der Waals surface area contributed by atoms with Gasteiger partial charge in [-0.15, -0.1) is 11.3 Å². The van der Waals surface area contributed by atoms with Gasteiger partial charge in [0.15, 0.2) is 5.16 Å². The molecule has 1 aliphatic rings. The van der Waals surface area contributed by atoms with E-state index < -0.39 is 0 Å². The minimum atomic E-state index is 0.210. The molecule has 2 aromatic heterocycles. The number of aryl methyl sites for hydroxylation is 2. The number of fused-ring (bicyclic) bond motifs is 3. The van der Waals surface area contributed by atoms with Gasteiger partial charge in [-0.3, -0.25) is 9.36 Å². The van der Waals surface area contributed by atoms with Crippen LogP contribution in [0.3, 0.4) is 0 Å². The fourth-order valence-corrected chi connectivity index (χ4v) is 5.56. The van der Waals surface area contributed by atoms with Gasteiger partial charge < -0.3 is 0 Å². The molecule has 0 aliphatic heterocycles. The van der Waals surface area contributed by atoms with Gasteiger partial charge in [0.1, 0.15) is 4.83 Å². The van der Waals surface area contributed by atoms with Crippen LogP contribution in [0.5, 0.6) is 0 Å². The molecule has 0 radical (unpaired) electrons. The molecule has 0 unspecified atom stereocenters. The number of thioether (sulfide) groups is 1. The number of thiophene rings is 1. The standard InChI is InChI=1S/C18H26N2OS2/c1-3-5-11-20-17(21)15-13-9-7-8-10-14(13)23-16(15)19-18(20)22-12-6-4-2/h3-12H2,1-2H3. The average molecular weight is 351 g/mol. The molecule has 0 saturated carbocycles. The normalized spacial score (nSPS) is 14.3. The van der Waals surface area contributed by atoms with Crippen molar-refractivity contribution >= 4 is 33.3 Å². The summed E-state index contributed by atoms with van der Waals surface area (Å²) in [5.74, 6) is 1.05. The second-order valence-corrected chi connectivity index (χ2v) is 8.44.